The minimum Gasteiger partial charge on any atom is -0.356 e. The zero-order valence-corrected chi connectivity index (χ0v) is 12.7. The molecule has 3 N–H and O–H groups in total. The third kappa shape index (κ3) is 4.62. The van der Waals surface area contributed by atoms with Gasteiger partial charge in [-0.15, -0.1) is 0 Å². The smallest absolute Gasteiger partial charge is 0.223 e. The second kappa shape index (κ2) is 7.06. The van der Waals surface area contributed by atoms with E-state index in [-0.39, 0.29) is 11.8 Å². The molecule has 0 heterocycles. The fraction of sp³-hybridized carbons (Fsp3) is 0.533. The van der Waals surface area contributed by atoms with Crippen LogP contribution in [0.1, 0.15) is 31.2 Å². The van der Waals surface area contributed by atoms with Crippen LogP contribution in [0.3, 0.4) is 0 Å². The van der Waals surface area contributed by atoms with Gasteiger partial charge in [0.25, 0.3) is 0 Å². The molecule has 1 aromatic rings. The van der Waals surface area contributed by atoms with Crippen molar-refractivity contribution >= 4 is 21.8 Å². The number of carbonyl (C=O) groups excluding carboxylic acids is 1. The summed E-state index contributed by atoms with van der Waals surface area (Å²) < 4.78 is 1.08. The standard InChI is InChI=1S/C15H21BrN2O/c16-13-3-1-2-11(10-13)8-9-18-15(19)12-4-6-14(17)7-5-12/h1-3,10,12,14H,4-9,17H2,(H,18,19). The van der Waals surface area contributed by atoms with Crippen molar-refractivity contribution in [2.45, 2.75) is 38.1 Å². The van der Waals surface area contributed by atoms with Gasteiger partial charge in [-0.2, -0.15) is 0 Å². The van der Waals surface area contributed by atoms with Crippen LogP contribution in [-0.2, 0) is 11.2 Å². The number of hydrogen-bond acceptors (Lipinski definition) is 2. The molecule has 0 bridgehead atoms. The minimum atomic E-state index is 0.169. The lowest BCUT2D eigenvalue weighted by Gasteiger charge is -2.25. The lowest BCUT2D eigenvalue weighted by molar-refractivity contribution is -0.125. The molecule has 1 fully saturated rings. The highest BCUT2D eigenvalue weighted by molar-refractivity contribution is 9.10. The topological polar surface area (TPSA) is 55.1 Å². The van der Waals surface area contributed by atoms with Crippen LogP contribution in [0.2, 0.25) is 0 Å². The summed E-state index contributed by atoms with van der Waals surface area (Å²) in [5.74, 6) is 0.365. The summed E-state index contributed by atoms with van der Waals surface area (Å²) in [6.45, 7) is 0.706. The molecular formula is C15H21BrN2O. The maximum atomic E-state index is 12.0. The first-order valence-corrected chi connectivity index (χ1v) is 7.72. The molecule has 0 radical (unpaired) electrons. The Bertz CT molecular complexity index is 428. The summed E-state index contributed by atoms with van der Waals surface area (Å²) in [5, 5.41) is 3.04. The Morgan fingerprint density at radius 3 is 2.74 bits per heavy atom. The highest BCUT2D eigenvalue weighted by Gasteiger charge is 2.23. The van der Waals surface area contributed by atoms with Crippen LogP contribution in [0.15, 0.2) is 28.7 Å². The van der Waals surface area contributed by atoms with Gasteiger partial charge in [-0.3, -0.25) is 4.79 Å². The third-order valence-corrected chi connectivity index (χ3v) is 4.24. The molecule has 0 aliphatic heterocycles. The molecular weight excluding hydrogens is 304 g/mol. The number of carbonyl (C=O) groups is 1. The number of halogens is 1. The van der Waals surface area contributed by atoms with E-state index in [9.17, 15) is 4.79 Å². The Kier molecular flexibility index (Phi) is 5.40. The molecule has 4 heteroatoms. The van der Waals surface area contributed by atoms with Gasteiger partial charge in [-0.1, -0.05) is 28.1 Å². The Labute approximate surface area is 123 Å². The third-order valence-electron chi connectivity index (χ3n) is 3.74. The van der Waals surface area contributed by atoms with Crippen molar-refractivity contribution < 1.29 is 4.79 Å². The molecule has 0 atom stereocenters. The van der Waals surface area contributed by atoms with Gasteiger partial charge in [0.15, 0.2) is 0 Å². The van der Waals surface area contributed by atoms with E-state index >= 15 is 0 Å². The highest BCUT2D eigenvalue weighted by atomic mass is 79.9. The summed E-state index contributed by atoms with van der Waals surface area (Å²) in [6.07, 6.45) is 4.69. The number of hydrogen-bond donors (Lipinski definition) is 2. The molecule has 3 nitrogen and oxygen atoms in total. The van der Waals surface area contributed by atoms with Crippen LogP contribution in [0, 0.1) is 5.92 Å². The van der Waals surface area contributed by atoms with E-state index in [1.54, 1.807) is 0 Å². The lowest BCUT2D eigenvalue weighted by atomic mass is 9.86. The largest absolute Gasteiger partial charge is 0.356 e. The summed E-state index contributed by atoms with van der Waals surface area (Å²) in [6, 6.07) is 8.49. The van der Waals surface area contributed by atoms with Crippen LogP contribution in [0.25, 0.3) is 0 Å². The maximum absolute atomic E-state index is 12.0. The van der Waals surface area contributed by atoms with Crippen LogP contribution < -0.4 is 11.1 Å². The van der Waals surface area contributed by atoms with Crippen molar-refractivity contribution in [2.24, 2.45) is 11.7 Å². The Balaban J connectivity index is 1.72. The molecule has 1 aliphatic rings. The summed E-state index contributed by atoms with van der Waals surface area (Å²) in [4.78, 5) is 12.0. The molecule has 0 unspecified atom stereocenters. The molecule has 0 saturated heterocycles. The van der Waals surface area contributed by atoms with Crippen molar-refractivity contribution in [1.29, 1.82) is 0 Å². The van der Waals surface area contributed by atoms with Gasteiger partial charge < -0.3 is 11.1 Å². The number of benzene rings is 1. The van der Waals surface area contributed by atoms with Crippen LogP contribution in [0.5, 0.6) is 0 Å². The van der Waals surface area contributed by atoms with E-state index < -0.39 is 0 Å². The van der Waals surface area contributed by atoms with Crippen molar-refractivity contribution in [3.63, 3.8) is 0 Å². The predicted molar refractivity (Wildman–Crippen MR) is 80.8 cm³/mol. The zero-order chi connectivity index (χ0) is 13.7. The second-order valence-electron chi connectivity index (χ2n) is 5.28. The Hall–Kier alpha value is -0.870. The Morgan fingerprint density at radius 2 is 2.05 bits per heavy atom. The molecule has 0 aromatic heterocycles. The van der Waals surface area contributed by atoms with Crippen LogP contribution >= 0.6 is 15.9 Å². The quantitative estimate of drug-likeness (QED) is 0.894. The molecule has 2 rings (SSSR count). The number of nitrogens with one attached hydrogen (secondary N) is 1. The first-order valence-electron chi connectivity index (χ1n) is 6.93. The van der Waals surface area contributed by atoms with Crippen molar-refractivity contribution in [3.8, 4) is 0 Å². The van der Waals surface area contributed by atoms with Gasteiger partial charge >= 0.3 is 0 Å². The zero-order valence-electron chi connectivity index (χ0n) is 11.1. The normalized spacial score (nSPS) is 23.1. The molecule has 1 aromatic carbocycles. The fourth-order valence-corrected chi connectivity index (χ4v) is 2.99. The van der Waals surface area contributed by atoms with E-state index in [0.29, 0.717) is 12.6 Å². The summed E-state index contributed by atoms with van der Waals surface area (Å²) in [5.41, 5.74) is 7.09. The predicted octanol–water partition coefficient (Wildman–Crippen LogP) is 2.63. The fourth-order valence-electron chi connectivity index (χ4n) is 2.55. The first-order chi connectivity index (χ1) is 9.15. The molecule has 1 amide bonds. The van der Waals surface area contributed by atoms with Gasteiger partial charge in [0, 0.05) is 23.0 Å². The highest BCUT2D eigenvalue weighted by Crippen LogP contribution is 2.23. The van der Waals surface area contributed by atoms with E-state index in [1.165, 1.54) is 5.56 Å². The van der Waals surface area contributed by atoms with Crippen LogP contribution in [0.4, 0.5) is 0 Å². The first kappa shape index (κ1) is 14.5. The van der Waals surface area contributed by atoms with Crippen molar-refractivity contribution in [1.82, 2.24) is 5.32 Å². The molecule has 1 aliphatic carbocycles. The van der Waals surface area contributed by atoms with Gasteiger partial charge in [0.2, 0.25) is 5.91 Å². The summed E-state index contributed by atoms with van der Waals surface area (Å²) in [7, 11) is 0. The average Bonchev–Trinajstić information content (AvgIpc) is 2.39. The van der Waals surface area contributed by atoms with E-state index in [4.69, 9.17) is 5.73 Å². The number of nitrogens with two attached hydrogens (primary N) is 1. The molecule has 19 heavy (non-hydrogen) atoms. The average molecular weight is 325 g/mol. The SMILES string of the molecule is NC1CCC(C(=O)NCCc2cccc(Br)c2)CC1. The van der Waals surface area contributed by atoms with Gasteiger partial charge in [0.05, 0.1) is 0 Å². The second-order valence-corrected chi connectivity index (χ2v) is 6.20. The molecule has 0 spiro atoms. The van der Waals surface area contributed by atoms with Gasteiger partial charge in [0.1, 0.15) is 0 Å². The van der Waals surface area contributed by atoms with E-state index in [1.807, 2.05) is 12.1 Å². The van der Waals surface area contributed by atoms with Crippen LogP contribution in [-0.4, -0.2) is 18.5 Å². The monoisotopic (exact) mass is 324 g/mol. The van der Waals surface area contributed by atoms with Gasteiger partial charge in [-0.25, -0.2) is 0 Å². The van der Waals surface area contributed by atoms with Gasteiger partial charge in [-0.05, 0) is 49.8 Å². The van der Waals surface area contributed by atoms with Crippen molar-refractivity contribution in [3.05, 3.63) is 34.3 Å². The molecule has 104 valence electrons. The number of amides is 1. The molecule has 1 saturated carbocycles. The minimum absolute atomic E-state index is 0.169. The Morgan fingerprint density at radius 1 is 1.32 bits per heavy atom. The van der Waals surface area contributed by atoms with E-state index in [2.05, 4.69) is 33.4 Å². The summed E-state index contributed by atoms with van der Waals surface area (Å²) >= 11 is 3.45. The maximum Gasteiger partial charge on any atom is 0.223 e. The lowest BCUT2D eigenvalue weighted by Crippen LogP contribution is -2.37. The number of rotatable bonds is 4. The van der Waals surface area contributed by atoms with Crippen molar-refractivity contribution in [2.75, 3.05) is 6.54 Å². The van der Waals surface area contributed by atoms with E-state index in [0.717, 1.165) is 36.6 Å².